The van der Waals surface area contributed by atoms with Gasteiger partial charge in [-0.05, 0) is 31.9 Å². The van der Waals surface area contributed by atoms with Crippen LogP contribution < -0.4 is 5.32 Å². The number of unbranched alkanes of at least 4 members (excludes halogenated alkanes) is 1. The highest BCUT2D eigenvalue weighted by molar-refractivity contribution is 5.98. The molecule has 0 fully saturated rings. The number of hydrogen-bond acceptors (Lipinski definition) is 4. The summed E-state index contributed by atoms with van der Waals surface area (Å²) in [5.41, 5.74) is 0.997. The van der Waals surface area contributed by atoms with Crippen LogP contribution in [0.5, 0.6) is 0 Å². The molecule has 0 heterocycles. The van der Waals surface area contributed by atoms with Gasteiger partial charge in [0.15, 0.2) is 0 Å². The standard InChI is InChI=1S/C15H20N2O5/c1-4-5-6-12(15(19)20)16-14(18)11-8-13(17(21)22)10(3)7-9(11)2/h7-8,12H,4-6H2,1-3H3,(H,16,18)(H,19,20)/t12-/m0/s1. The average Bonchev–Trinajstić information content (AvgIpc) is 2.42. The lowest BCUT2D eigenvalue weighted by atomic mass is 10.0. The van der Waals surface area contributed by atoms with E-state index in [4.69, 9.17) is 5.11 Å². The number of nitro groups is 1. The first-order valence-electron chi connectivity index (χ1n) is 7.07. The summed E-state index contributed by atoms with van der Waals surface area (Å²) in [6.45, 7) is 5.18. The zero-order valence-electron chi connectivity index (χ0n) is 12.9. The predicted molar refractivity (Wildman–Crippen MR) is 81.0 cm³/mol. The second-order valence-electron chi connectivity index (χ2n) is 5.22. The minimum absolute atomic E-state index is 0.125. The molecule has 0 radical (unpaired) electrons. The van der Waals surface area contributed by atoms with E-state index in [1.54, 1.807) is 19.9 Å². The van der Waals surface area contributed by atoms with E-state index in [1.807, 2.05) is 6.92 Å². The highest BCUT2D eigenvalue weighted by Gasteiger charge is 2.23. The monoisotopic (exact) mass is 308 g/mol. The van der Waals surface area contributed by atoms with E-state index in [1.165, 1.54) is 6.07 Å². The Morgan fingerprint density at radius 1 is 1.32 bits per heavy atom. The van der Waals surface area contributed by atoms with E-state index in [2.05, 4.69) is 5.32 Å². The number of nitro benzene ring substituents is 1. The normalized spacial score (nSPS) is 11.8. The molecule has 120 valence electrons. The molecule has 7 heteroatoms. The Kier molecular flexibility index (Phi) is 6.03. The molecule has 1 aromatic carbocycles. The second-order valence-corrected chi connectivity index (χ2v) is 5.22. The van der Waals surface area contributed by atoms with Crippen LogP contribution >= 0.6 is 0 Å². The Morgan fingerprint density at radius 2 is 1.95 bits per heavy atom. The molecule has 1 aromatic rings. The smallest absolute Gasteiger partial charge is 0.326 e. The number of amides is 1. The van der Waals surface area contributed by atoms with E-state index >= 15 is 0 Å². The quantitative estimate of drug-likeness (QED) is 0.594. The summed E-state index contributed by atoms with van der Waals surface area (Å²) in [6.07, 6.45) is 1.81. The van der Waals surface area contributed by atoms with Crippen molar-refractivity contribution >= 4 is 17.6 Å². The summed E-state index contributed by atoms with van der Waals surface area (Å²) < 4.78 is 0. The fraction of sp³-hybridized carbons (Fsp3) is 0.467. The Labute approximate surface area is 128 Å². The van der Waals surface area contributed by atoms with Crippen LogP contribution in [0.3, 0.4) is 0 Å². The lowest BCUT2D eigenvalue weighted by Gasteiger charge is -2.15. The summed E-state index contributed by atoms with van der Waals surface area (Å²) >= 11 is 0. The number of nitrogens with one attached hydrogen (secondary N) is 1. The number of rotatable bonds is 7. The van der Waals surface area contributed by atoms with E-state index < -0.39 is 22.8 Å². The van der Waals surface area contributed by atoms with Crippen molar-refractivity contribution < 1.29 is 19.6 Å². The van der Waals surface area contributed by atoms with E-state index in [9.17, 15) is 19.7 Å². The highest BCUT2D eigenvalue weighted by atomic mass is 16.6. The van der Waals surface area contributed by atoms with Crippen LogP contribution in [0.25, 0.3) is 0 Å². The molecular formula is C15H20N2O5. The van der Waals surface area contributed by atoms with Crippen LogP contribution in [0.4, 0.5) is 5.69 Å². The fourth-order valence-corrected chi connectivity index (χ4v) is 2.18. The Balaban J connectivity index is 3.04. The van der Waals surface area contributed by atoms with Crippen LogP contribution in [-0.4, -0.2) is 27.9 Å². The van der Waals surface area contributed by atoms with Gasteiger partial charge in [-0.3, -0.25) is 14.9 Å². The molecular weight excluding hydrogens is 288 g/mol. The molecule has 7 nitrogen and oxygen atoms in total. The van der Waals surface area contributed by atoms with Crippen molar-refractivity contribution in [3.8, 4) is 0 Å². The molecule has 0 aliphatic rings. The van der Waals surface area contributed by atoms with Gasteiger partial charge >= 0.3 is 5.97 Å². The van der Waals surface area contributed by atoms with E-state index in [-0.39, 0.29) is 11.3 Å². The third kappa shape index (κ3) is 4.28. The molecule has 0 unspecified atom stereocenters. The number of benzene rings is 1. The van der Waals surface area contributed by atoms with Crippen molar-refractivity contribution in [2.24, 2.45) is 0 Å². The lowest BCUT2D eigenvalue weighted by Crippen LogP contribution is -2.41. The van der Waals surface area contributed by atoms with Crippen LogP contribution in [0, 0.1) is 24.0 Å². The minimum atomic E-state index is -1.11. The topological polar surface area (TPSA) is 110 Å². The maximum atomic E-state index is 12.2. The first-order valence-corrected chi connectivity index (χ1v) is 7.07. The number of hydrogen-bond donors (Lipinski definition) is 2. The zero-order chi connectivity index (χ0) is 16.9. The molecule has 0 aromatic heterocycles. The number of aryl methyl sites for hydroxylation is 2. The fourth-order valence-electron chi connectivity index (χ4n) is 2.18. The van der Waals surface area contributed by atoms with Gasteiger partial charge in [-0.1, -0.05) is 19.8 Å². The Hall–Kier alpha value is -2.44. The van der Waals surface area contributed by atoms with E-state index in [0.717, 1.165) is 6.42 Å². The molecule has 1 rings (SSSR count). The molecule has 2 N–H and O–H groups in total. The van der Waals surface area contributed by atoms with Crippen molar-refractivity contribution in [2.45, 2.75) is 46.1 Å². The summed E-state index contributed by atoms with van der Waals surface area (Å²) in [4.78, 5) is 33.8. The lowest BCUT2D eigenvalue weighted by molar-refractivity contribution is -0.385. The van der Waals surface area contributed by atoms with Crippen LogP contribution in [0.1, 0.15) is 47.7 Å². The molecule has 1 atom stereocenters. The first-order chi connectivity index (χ1) is 10.3. The number of carboxylic acids is 1. The highest BCUT2D eigenvalue weighted by Crippen LogP contribution is 2.22. The summed E-state index contributed by atoms with van der Waals surface area (Å²) in [5, 5.41) is 22.5. The molecule has 0 spiro atoms. The first kappa shape index (κ1) is 17.6. The zero-order valence-corrected chi connectivity index (χ0v) is 12.9. The van der Waals surface area contributed by atoms with Crippen LogP contribution in [-0.2, 0) is 4.79 Å². The number of carbonyl (C=O) groups is 2. The van der Waals surface area contributed by atoms with Gasteiger partial charge < -0.3 is 10.4 Å². The largest absolute Gasteiger partial charge is 0.480 e. The maximum absolute atomic E-state index is 12.2. The Bertz CT molecular complexity index is 598. The minimum Gasteiger partial charge on any atom is -0.480 e. The molecule has 0 bridgehead atoms. The van der Waals surface area contributed by atoms with Crippen LogP contribution in [0.15, 0.2) is 12.1 Å². The van der Waals surface area contributed by atoms with Crippen molar-refractivity contribution in [3.05, 3.63) is 38.9 Å². The number of nitrogens with zero attached hydrogens (tertiary/aromatic N) is 1. The van der Waals surface area contributed by atoms with Gasteiger partial charge in [0.1, 0.15) is 6.04 Å². The molecule has 0 aliphatic carbocycles. The molecule has 0 saturated carbocycles. The number of carboxylic acid groups (broad SMARTS) is 1. The molecule has 22 heavy (non-hydrogen) atoms. The molecule has 0 aliphatic heterocycles. The summed E-state index contributed by atoms with van der Waals surface area (Å²) in [7, 11) is 0. The predicted octanol–water partition coefficient (Wildman–Crippen LogP) is 2.58. The van der Waals surface area contributed by atoms with Gasteiger partial charge in [0.05, 0.1) is 4.92 Å². The van der Waals surface area contributed by atoms with Gasteiger partial charge in [-0.15, -0.1) is 0 Å². The third-order valence-corrected chi connectivity index (χ3v) is 3.43. The summed E-state index contributed by atoms with van der Waals surface area (Å²) in [6, 6.07) is 1.75. The van der Waals surface area contributed by atoms with Crippen molar-refractivity contribution in [1.29, 1.82) is 0 Å². The number of aliphatic carboxylic acids is 1. The van der Waals surface area contributed by atoms with Crippen molar-refractivity contribution in [3.63, 3.8) is 0 Å². The van der Waals surface area contributed by atoms with Crippen LogP contribution in [0.2, 0.25) is 0 Å². The van der Waals surface area contributed by atoms with Crippen molar-refractivity contribution in [1.82, 2.24) is 5.32 Å². The van der Waals surface area contributed by atoms with Gasteiger partial charge in [-0.25, -0.2) is 4.79 Å². The van der Waals surface area contributed by atoms with Gasteiger partial charge in [0, 0.05) is 17.2 Å². The van der Waals surface area contributed by atoms with Crippen molar-refractivity contribution in [2.75, 3.05) is 0 Å². The Morgan fingerprint density at radius 3 is 2.45 bits per heavy atom. The molecule has 0 saturated heterocycles. The second kappa shape index (κ2) is 7.53. The maximum Gasteiger partial charge on any atom is 0.326 e. The van der Waals surface area contributed by atoms with Gasteiger partial charge in [-0.2, -0.15) is 0 Å². The van der Waals surface area contributed by atoms with E-state index in [0.29, 0.717) is 24.0 Å². The average molecular weight is 308 g/mol. The SMILES string of the molecule is CCCC[C@H](NC(=O)c1cc([N+](=O)[O-])c(C)cc1C)C(=O)O. The number of carbonyl (C=O) groups excluding carboxylic acids is 1. The van der Waals surface area contributed by atoms with Gasteiger partial charge in [0.2, 0.25) is 0 Å². The molecule has 1 amide bonds. The summed E-state index contributed by atoms with van der Waals surface area (Å²) in [5.74, 6) is -1.72. The van der Waals surface area contributed by atoms with Gasteiger partial charge in [0.25, 0.3) is 11.6 Å². The third-order valence-electron chi connectivity index (χ3n) is 3.43.